The predicted molar refractivity (Wildman–Crippen MR) is 128 cm³/mol. The molecule has 0 amide bonds. The molecule has 0 saturated carbocycles. The number of anilines is 1. The van der Waals surface area contributed by atoms with Crippen LogP contribution in [0.2, 0.25) is 0 Å². The van der Waals surface area contributed by atoms with Crippen LogP contribution in [0.15, 0.2) is 41.3 Å². The maximum Gasteiger partial charge on any atom is 0.285 e. The number of ether oxygens (including phenoxy) is 5. The highest BCUT2D eigenvalue weighted by Gasteiger charge is 2.25. The minimum Gasteiger partial charge on any atom is -0.493 e. The van der Waals surface area contributed by atoms with Crippen molar-refractivity contribution in [2.45, 2.75) is 25.7 Å². The molecule has 0 radical (unpaired) electrons. The van der Waals surface area contributed by atoms with E-state index in [1.54, 1.807) is 12.1 Å². The Bertz CT molecular complexity index is 1230. The minimum atomic E-state index is -4.11. The van der Waals surface area contributed by atoms with Crippen LogP contribution in [0.3, 0.4) is 0 Å². The highest BCUT2D eigenvalue weighted by molar-refractivity contribution is 7.90. The van der Waals surface area contributed by atoms with Gasteiger partial charge in [-0.25, -0.2) is 0 Å². The van der Waals surface area contributed by atoms with Gasteiger partial charge in [0, 0.05) is 17.7 Å². The summed E-state index contributed by atoms with van der Waals surface area (Å²) in [6, 6.07) is 9.15. The second-order valence-corrected chi connectivity index (χ2v) is 8.69. The Morgan fingerprint density at radius 2 is 1.41 bits per heavy atom. The molecule has 184 valence electrons. The third-order valence-corrected chi connectivity index (χ3v) is 6.39. The summed E-state index contributed by atoms with van der Waals surface area (Å²) < 4.78 is 55.0. The number of aromatic nitrogens is 2. The van der Waals surface area contributed by atoms with Gasteiger partial charge in [-0.1, -0.05) is 0 Å². The van der Waals surface area contributed by atoms with E-state index in [0.717, 1.165) is 4.09 Å². The average Bonchev–Trinajstić information content (AvgIpc) is 3.23. The summed E-state index contributed by atoms with van der Waals surface area (Å²) in [5, 5.41) is 4.28. The first-order valence-electron chi connectivity index (χ1n) is 10.7. The number of nitrogens with two attached hydrogens (primary N) is 1. The van der Waals surface area contributed by atoms with Crippen LogP contribution < -0.4 is 29.4 Å². The van der Waals surface area contributed by atoms with Crippen LogP contribution in [0.4, 0.5) is 5.82 Å². The molecule has 0 bridgehead atoms. The monoisotopic (exact) mass is 491 g/mol. The first-order valence-corrected chi connectivity index (χ1v) is 12.1. The molecule has 34 heavy (non-hydrogen) atoms. The molecule has 0 aliphatic carbocycles. The van der Waals surface area contributed by atoms with Crippen LogP contribution in [0.1, 0.15) is 20.8 Å². The zero-order valence-corrected chi connectivity index (χ0v) is 20.6. The van der Waals surface area contributed by atoms with Gasteiger partial charge in [0.1, 0.15) is 5.82 Å². The lowest BCUT2D eigenvalue weighted by Crippen LogP contribution is -2.17. The first kappa shape index (κ1) is 25.0. The number of rotatable bonds is 11. The number of hydrogen-bond acceptors (Lipinski definition) is 9. The fourth-order valence-corrected chi connectivity index (χ4v) is 4.55. The highest BCUT2D eigenvalue weighted by atomic mass is 32.2. The van der Waals surface area contributed by atoms with Gasteiger partial charge in [-0.05, 0) is 45.0 Å². The number of hydrogen-bond donors (Lipinski definition) is 1. The molecule has 0 fully saturated rings. The Balaban J connectivity index is 2.11. The molecule has 2 N–H and O–H groups in total. The maximum atomic E-state index is 13.3. The number of nitrogen functional groups attached to an aromatic ring is 1. The van der Waals surface area contributed by atoms with Crippen molar-refractivity contribution in [1.29, 1.82) is 0 Å². The summed E-state index contributed by atoms with van der Waals surface area (Å²) in [6.07, 6.45) is 0. The highest BCUT2D eigenvalue weighted by Crippen LogP contribution is 2.42. The van der Waals surface area contributed by atoms with Gasteiger partial charge in [-0.2, -0.15) is 13.5 Å². The van der Waals surface area contributed by atoms with Gasteiger partial charge in [0.2, 0.25) is 5.75 Å². The summed E-state index contributed by atoms with van der Waals surface area (Å²) in [6.45, 7) is 6.79. The second-order valence-electron chi connectivity index (χ2n) is 6.92. The van der Waals surface area contributed by atoms with Crippen LogP contribution in [0, 0.1) is 0 Å². The zero-order chi connectivity index (χ0) is 24.9. The molecule has 1 aromatic heterocycles. The standard InChI is InChI=1S/C23H29N3O7S/c1-6-31-20-11-15(12-21(32-7-2)23(20)33-8-3)17-14-22(24)26(25-17)34(27,28)16-9-10-18(29-4)19(13-16)30-5/h9-14H,6-8,24H2,1-5H3. The molecule has 11 heteroatoms. The number of methoxy groups -OCH3 is 2. The summed E-state index contributed by atoms with van der Waals surface area (Å²) >= 11 is 0. The molecule has 0 spiro atoms. The molecule has 10 nitrogen and oxygen atoms in total. The molecular formula is C23H29N3O7S. The van der Waals surface area contributed by atoms with E-state index in [2.05, 4.69) is 5.10 Å². The van der Waals surface area contributed by atoms with Gasteiger partial charge >= 0.3 is 0 Å². The Morgan fingerprint density at radius 3 is 1.94 bits per heavy atom. The van der Waals surface area contributed by atoms with Crippen molar-refractivity contribution in [2.24, 2.45) is 0 Å². The van der Waals surface area contributed by atoms with Crippen molar-refractivity contribution in [3.8, 4) is 40.0 Å². The van der Waals surface area contributed by atoms with Crippen molar-refractivity contribution in [3.05, 3.63) is 36.4 Å². The lowest BCUT2D eigenvalue weighted by molar-refractivity contribution is 0.261. The predicted octanol–water partition coefficient (Wildman–Crippen LogP) is 3.58. The van der Waals surface area contributed by atoms with Crippen LogP contribution in [0.25, 0.3) is 11.3 Å². The largest absolute Gasteiger partial charge is 0.493 e. The fraction of sp³-hybridized carbons (Fsp3) is 0.348. The summed E-state index contributed by atoms with van der Waals surface area (Å²) in [5.74, 6) is 2.00. The van der Waals surface area contributed by atoms with Gasteiger partial charge in [0.05, 0.1) is 44.6 Å². The Morgan fingerprint density at radius 1 is 0.824 bits per heavy atom. The third kappa shape index (κ3) is 4.84. The molecule has 0 aliphatic heterocycles. The quantitative estimate of drug-likeness (QED) is 0.428. The van der Waals surface area contributed by atoms with Gasteiger partial charge < -0.3 is 29.4 Å². The minimum absolute atomic E-state index is 0.0526. The van der Waals surface area contributed by atoms with E-state index < -0.39 is 10.0 Å². The number of nitrogens with zero attached hydrogens (tertiary/aromatic N) is 2. The van der Waals surface area contributed by atoms with Gasteiger partial charge in [0.25, 0.3) is 10.0 Å². The third-order valence-electron chi connectivity index (χ3n) is 4.79. The van der Waals surface area contributed by atoms with Crippen molar-refractivity contribution in [1.82, 2.24) is 9.19 Å². The van der Waals surface area contributed by atoms with Crippen LogP contribution in [-0.2, 0) is 10.0 Å². The van der Waals surface area contributed by atoms with E-state index in [-0.39, 0.29) is 16.5 Å². The molecule has 0 aliphatic rings. The number of benzene rings is 2. The van der Waals surface area contributed by atoms with Crippen molar-refractivity contribution >= 4 is 15.8 Å². The topological polar surface area (TPSA) is 124 Å². The zero-order valence-electron chi connectivity index (χ0n) is 19.8. The smallest absolute Gasteiger partial charge is 0.285 e. The van der Waals surface area contributed by atoms with Gasteiger partial charge in [-0.3, -0.25) is 0 Å². The molecule has 0 atom stereocenters. The Kier molecular flexibility index (Phi) is 7.77. The maximum absolute atomic E-state index is 13.3. The molecule has 1 heterocycles. The Hall–Kier alpha value is -3.60. The molecule has 2 aromatic carbocycles. The van der Waals surface area contributed by atoms with Crippen molar-refractivity contribution < 1.29 is 32.1 Å². The summed E-state index contributed by atoms with van der Waals surface area (Å²) in [7, 11) is -1.23. The molecular weight excluding hydrogens is 462 g/mol. The fourth-order valence-electron chi connectivity index (χ4n) is 3.33. The van der Waals surface area contributed by atoms with Gasteiger partial charge in [0.15, 0.2) is 23.0 Å². The van der Waals surface area contributed by atoms with E-state index >= 15 is 0 Å². The van der Waals surface area contributed by atoms with E-state index in [4.69, 9.17) is 29.4 Å². The van der Waals surface area contributed by atoms with Crippen LogP contribution in [0.5, 0.6) is 28.7 Å². The SMILES string of the molecule is CCOc1cc(-c2cc(N)n(S(=O)(=O)c3ccc(OC)c(OC)c3)n2)cc(OCC)c1OCC. The van der Waals surface area contributed by atoms with E-state index in [9.17, 15) is 8.42 Å². The molecule has 3 rings (SSSR count). The van der Waals surface area contributed by atoms with Gasteiger partial charge in [-0.15, -0.1) is 4.09 Å². The van der Waals surface area contributed by atoms with E-state index in [1.807, 2.05) is 20.8 Å². The van der Waals surface area contributed by atoms with Crippen molar-refractivity contribution in [2.75, 3.05) is 39.8 Å². The second kappa shape index (κ2) is 10.6. The lowest BCUT2D eigenvalue weighted by Gasteiger charge is -2.16. The van der Waals surface area contributed by atoms with Crippen LogP contribution in [-0.4, -0.2) is 51.6 Å². The first-order chi connectivity index (χ1) is 16.3. The van der Waals surface area contributed by atoms with E-state index in [0.29, 0.717) is 54.1 Å². The summed E-state index contributed by atoms with van der Waals surface area (Å²) in [4.78, 5) is -0.0526. The molecule has 0 unspecified atom stereocenters. The van der Waals surface area contributed by atoms with E-state index in [1.165, 1.54) is 38.5 Å². The molecule has 3 aromatic rings. The average molecular weight is 492 g/mol. The normalized spacial score (nSPS) is 11.2. The summed E-state index contributed by atoms with van der Waals surface area (Å²) in [5.41, 5.74) is 6.96. The van der Waals surface area contributed by atoms with Crippen molar-refractivity contribution in [3.63, 3.8) is 0 Å². The lowest BCUT2D eigenvalue weighted by atomic mass is 10.1. The van der Waals surface area contributed by atoms with Crippen LogP contribution >= 0.6 is 0 Å². The molecule has 0 saturated heterocycles. The Labute approximate surface area is 199 Å².